The summed E-state index contributed by atoms with van der Waals surface area (Å²) < 4.78 is 74.6. The zero-order valence-electron chi connectivity index (χ0n) is 27.7. The average molecular weight is 724 g/mol. The number of nitrogens with one attached hydrogen (secondary N) is 2. The van der Waals surface area contributed by atoms with E-state index in [2.05, 4.69) is 10.0 Å². The van der Waals surface area contributed by atoms with Crippen molar-refractivity contribution in [2.24, 2.45) is 17.8 Å². The van der Waals surface area contributed by atoms with Crippen LogP contribution in [0.4, 0.5) is 8.78 Å². The highest BCUT2D eigenvalue weighted by molar-refractivity contribution is 7.89. The van der Waals surface area contributed by atoms with Crippen LogP contribution in [0, 0.1) is 17.8 Å². The second kappa shape index (κ2) is 14.1. The highest BCUT2D eigenvalue weighted by atomic mass is 35.5. The first-order chi connectivity index (χ1) is 24.0. The van der Waals surface area contributed by atoms with Crippen LogP contribution in [0.1, 0.15) is 31.2 Å². The molecule has 0 unspecified atom stereocenters. The molecule has 1 saturated carbocycles. The summed E-state index contributed by atoms with van der Waals surface area (Å²) in [6.45, 7) is 1.30. The fourth-order valence-corrected chi connectivity index (χ4v) is 8.72. The van der Waals surface area contributed by atoms with Crippen LogP contribution in [0.15, 0.2) is 83.8 Å². The molecule has 0 aromatic heterocycles. The van der Waals surface area contributed by atoms with E-state index in [0.29, 0.717) is 47.7 Å². The first-order valence-electron chi connectivity index (χ1n) is 17.0. The van der Waals surface area contributed by atoms with E-state index in [4.69, 9.17) is 21.1 Å². The molecule has 0 radical (unpaired) electrons. The molecule has 4 aromatic carbocycles. The molecule has 7 rings (SSSR count). The molecule has 264 valence electrons. The lowest BCUT2D eigenvalue weighted by Crippen LogP contribution is -2.48. The summed E-state index contributed by atoms with van der Waals surface area (Å²) >= 11 is 6.04. The molecule has 1 aliphatic carbocycles. The lowest BCUT2D eigenvalue weighted by Gasteiger charge is -2.31. The Morgan fingerprint density at radius 3 is 2.34 bits per heavy atom. The lowest BCUT2D eigenvalue weighted by molar-refractivity contribution is -0.150. The fraction of sp³-hybridized carbons (Fsp3) is 0.395. The molecule has 0 bridgehead atoms. The van der Waals surface area contributed by atoms with E-state index in [1.807, 2.05) is 12.1 Å². The van der Waals surface area contributed by atoms with Crippen LogP contribution in [0.3, 0.4) is 0 Å². The molecule has 3 aliphatic rings. The molecule has 12 heteroatoms. The number of methoxy groups -OCH3 is 1. The van der Waals surface area contributed by atoms with Crippen molar-refractivity contribution in [2.45, 2.75) is 42.6 Å². The Morgan fingerprint density at radius 1 is 0.960 bits per heavy atom. The third-order valence-corrected chi connectivity index (χ3v) is 12.0. The van der Waals surface area contributed by atoms with Gasteiger partial charge in [0.1, 0.15) is 17.4 Å². The second-order valence-corrected chi connectivity index (χ2v) is 15.8. The van der Waals surface area contributed by atoms with Crippen LogP contribution in [-0.4, -0.2) is 65.2 Å². The van der Waals surface area contributed by atoms with Gasteiger partial charge in [0.05, 0.1) is 18.1 Å². The predicted octanol–water partition coefficient (Wildman–Crippen LogP) is 6.85. The van der Waals surface area contributed by atoms with Crippen LogP contribution in [0.5, 0.6) is 11.5 Å². The van der Waals surface area contributed by atoms with Gasteiger partial charge in [-0.3, -0.25) is 4.79 Å². The van der Waals surface area contributed by atoms with E-state index in [9.17, 15) is 13.2 Å². The minimum absolute atomic E-state index is 0.0836. The highest BCUT2D eigenvalue weighted by Crippen LogP contribution is 2.42. The van der Waals surface area contributed by atoms with Crippen molar-refractivity contribution in [2.75, 3.05) is 39.8 Å². The van der Waals surface area contributed by atoms with Gasteiger partial charge in [-0.15, -0.1) is 0 Å². The molecule has 2 aliphatic heterocycles. The quantitative estimate of drug-likeness (QED) is 0.176. The third kappa shape index (κ3) is 7.06. The van der Waals surface area contributed by atoms with E-state index in [-0.39, 0.29) is 28.6 Å². The number of nitrogens with zero attached hydrogens (tertiary/aromatic N) is 1. The number of fused-ring (bicyclic) bond motifs is 2. The molecule has 2 heterocycles. The Balaban J connectivity index is 1.15. The number of likely N-dealkylation sites (tertiary alicyclic amines) is 1. The first kappa shape index (κ1) is 34.7. The summed E-state index contributed by atoms with van der Waals surface area (Å²) in [6, 6.07) is 21.0. The molecule has 4 aromatic rings. The SMILES string of the molecule is COc1cc(C(F)(F)[C@@H](CNS(=O)(=O)c2ccc3cc(OC4CCCC4)ccc3c2)C(=O)N2C[C@H]3CNC[C@H]3C2)ccc1-c1ccc(Cl)cc1. The van der Waals surface area contributed by atoms with Gasteiger partial charge >= 0.3 is 0 Å². The van der Waals surface area contributed by atoms with Crippen molar-refractivity contribution in [3.8, 4) is 22.6 Å². The zero-order valence-corrected chi connectivity index (χ0v) is 29.3. The van der Waals surface area contributed by atoms with Crippen molar-refractivity contribution in [3.63, 3.8) is 0 Å². The molecule has 8 nitrogen and oxygen atoms in total. The third-order valence-electron chi connectivity index (χ3n) is 10.4. The fourth-order valence-electron chi connectivity index (χ4n) is 7.51. The van der Waals surface area contributed by atoms with E-state index in [1.165, 1.54) is 42.3 Å². The topological polar surface area (TPSA) is 97.0 Å². The number of amides is 1. The van der Waals surface area contributed by atoms with Crippen molar-refractivity contribution in [3.05, 3.63) is 89.4 Å². The zero-order chi connectivity index (χ0) is 35.0. The lowest BCUT2D eigenvalue weighted by atomic mass is 9.91. The maximum Gasteiger partial charge on any atom is 0.286 e. The molecule has 3 fully saturated rings. The second-order valence-electron chi connectivity index (χ2n) is 13.6. The number of alkyl halides is 2. The minimum Gasteiger partial charge on any atom is -0.496 e. The van der Waals surface area contributed by atoms with E-state index < -0.39 is 39.9 Å². The van der Waals surface area contributed by atoms with Gasteiger partial charge in [0.25, 0.3) is 5.92 Å². The Morgan fingerprint density at radius 2 is 1.64 bits per heavy atom. The van der Waals surface area contributed by atoms with Gasteiger partial charge < -0.3 is 19.7 Å². The molecule has 2 N–H and O–H groups in total. The first-order valence-corrected chi connectivity index (χ1v) is 18.9. The highest BCUT2D eigenvalue weighted by Gasteiger charge is 2.50. The summed E-state index contributed by atoms with van der Waals surface area (Å²) in [5.41, 5.74) is 0.833. The van der Waals surface area contributed by atoms with Crippen LogP contribution < -0.4 is 19.5 Å². The van der Waals surface area contributed by atoms with E-state index >= 15 is 8.78 Å². The molecule has 0 spiro atoms. The average Bonchev–Trinajstić information content (AvgIpc) is 3.87. The van der Waals surface area contributed by atoms with Crippen LogP contribution in [0.2, 0.25) is 5.02 Å². The van der Waals surface area contributed by atoms with Gasteiger partial charge in [0.15, 0.2) is 0 Å². The van der Waals surface area contributed by atoms with Gasteiger partial charge in [-0.05, 0) is 96.3 Å². The molecule has 1 amide bonds. The summed E-state index contributed by atoms with van der Waals surface area (Å²) in [7, 11) is -2.89. The summed E-state index contributed by atoms with van der Waals surface area (Å²) in [5, 5.41) is 5.28. The maximum atomic E-state index is 16.7. The summed E-state index contributed by atoms with van der Waals surface area (Å²) in [4.78, 5) is 15.4. The normalized spacial score (nSPS) is 20.3. The summed E-state index contributed by atoms with van der Waals surface area (Å²) in [6.07, 6.45) is 4.51. The van der Waals surface area contributed by atoms with Crippen molar-refractivity contribution in [1.82, 2.24) is 14.9 Å². The Kier molecular flexibility index (Phi) is 9.77. The Bertz CT molecular complexity index is 1980. The smallest absolute Gasteiger partial charge is 0.286 e. The van der Waals surface area contributed by atoms with Gasteiger partial charge in [-0.25, -0.2) is 21.9 Å². The number of sulfonamides is 1. The van der Waals surface area contributed by atoms with Crippen molar-refractivity contribution < 1.29 is 31.5 Å². The van der Waals surface area contributed by atoms with Gasteiger partial charge in [-0.2, -0.15) is 0 Å². The number of ether oxygens (including phenoxy) is 2. The number of carbonyl (C=O) groups is 1. The van der Waals surface area contributed by atoms with E-state index in [1.54, 1.807) is 36.4 Å². The van der Waals surface area contributed by atoms with Crippen LogP contribution in [0.25, 0.3) is 21.9 Å². The number of hydrogen-bond acceptors (Lipinski definition) is 6. The molecule has 2 saturated heterocycles. The van der Waals surface area contributed by atoms with Crippen LogP contribution >= 0.6 is 11.6 Å². The molecular weight excluding hydrogens is 684 g/mol. The predicted molar refractivity (Wildman–Crippen MR) is 189 cm³/mol. The van der Waals surface area contributed by atoms with E-state index in [0.717, 1.165) is 36.8 Å². The number of benzene rings is 4. The minimum atomic E-state index is -4.28. The molecule has 50 heavy (non-hydrogen) atoms. The number of halogens is 3. The number of carbonyl (C=O) groups excluding carboxylic acids is 1. The van der Waals surface area contributed by atoms with Crippen LogP contribution in [-0.2, 0) is 20.7 Å². The Hall–Kier alpha value is -3.77. The van der Waals surface area contributed by atoms with Gasteiger partial charge in [-0.1, -0.05) is 48.0 Å². The molecule has 3 atom stereocenters. The standard InChI is InChI=1S/C38H40ClF2N3O5S/c1-48-36-18-29(10-15-34(36)24-6-11-30(39)12-7-24)38(40,41)35(37(45)44-22-27-19-42-20-28(27)23-44)21-43-50(46,47)33-14-9-25-16-32(13-8-26(25)17-33)49-31-4-2-3-5-31/h6-18,27-28,31,35,42-43H,2-5,19-23H2,1H3/t27-,28+,35-/m0/s1. The van der Waals surface area contributed by atoms with Gasteiger partial charge in [0.2, 0.25) is 15.9 Å². The Labute approximate surface area is 296 Å². The number of hydrogen-bond donors (Lipinski definition) is 2. The maximum absolute atomic E-state index is 16.7. The van der Waals surface area contributed by atoms with Gasteiger partial charge in [0, 0.05) is 48.9 Å². The van der Waals surface area contributed by atoms with Crippen molar-refractivity contribution >= 4 is 38.3 Å². The largest absolute Gasteiger partial charge is 0.496 e. The number of rotatable bonds is 11. The van der Waals surface area contributed by atoms with Crippen molar-refractivity contribution in [1.29, 1.82) is 0 Å². The monoisotopic (exact) mass is 723 g/mol. The molecular formula is C38H40ClF2N3O5S. The summed E-state index contributed by atoms with van der Waals surface area (Å²) in [5.74, 6) is -5.30.